The quantitative estimate of drug-likeness (QED) is 0.825. The molecule has 0 aliphatic rings. The topological polar surface area (TPSA) is 84.5 Å². The monoisotopic (exact) mass is 326 g/mol. The smallest absolute Gasteiger partial charge is 0.337 e. The van der Waals surface area contributed by atoms with Gasteiger partial charge in [-0.05, 0) is 37.3 Å². The van der Waals surface area contributed by atoms with E-state index in [0.717, 1.165) is 5.56 Å². The van der Waals surface area contributed by atoms with Crippen molar-refractivity contribution in [1.29, 1.82) is 0 Å². The fraction of sp³-hybridized carbons (Fsp3) is 0.167. The van der Waals surface area contributed by atoms with Gasteiger partial charge in [0, 0.05) is 11.3 Å². The van der Waals surface area contributed by atoms with Crippen molar-refractivity contribution in [2.75, 3.05) is 19.0 Å². The molecular formula is C18H18N2O4. The first kappa shape index (κ1) is 17.2. The van der Waals surface area contributed by atoms with E-state index in [1.165, 1.54) is 13.2 Å². The van der Waals surface area contributed by atoms with Crippen LogP contribution in [0.5, 0.6) is 0 Å². The third kappa shape index (κ3) is 4.67. The molecule has 0 atom stereocenters. The van der Waals surface area contributed by atoms with Gasteiger partial charge in [-0.2, -0.15) is 0 Å². The van der Waals surface area contributed by atoms with Crippen LogP contribution in [0.25, 0.3) is 0 Å². The van der Waals surface area contributed by atoms with Crippen LogP contribution in [0.2, 0.25) is 0 Å². The number of carbonyl (C=O) groups excluding carboxylic acids is 3. The number of esters is 1. The van der Waals surface area contributed by atoms with Crippen molar-refractivity contribution in [3.8, 4) is 0 Å². The van der Waals surface area contributed by atoms with Gasteiger partial charge in [-0.25, -0.2) is 4.79 Å². The Bertz CT molecular complexity index is 771. The zero-order valence-electron chi connectivity index (χ0n) is 13.5. The highest BCUT2D eigenvalue weighted by Crippen LogP contribution is 2.11. The molecule has 6 nitrogen and oxygen atoms in total. The number of nitrogens with one attached hydrogen (secondary N) is 2. The number of benzene rings is 2. The fourth-order valence-electron chi connectivity index (χ4n) is 2.10. The third-order valence-corrected chi connectivity index (χ3v) is 3.26. The Morgan fingerprint density at radius 1 is 1.00 bits per heavy atom. The SMILES string of the molecule is COC(=O)c1cccc(NC(=O)CNC(=O)c2cccc(C)c2)c1. The van der Waals surface area contributed by atoms with Crippen LogP contribution in [0.4, 0.5) is 5.69 Å². The number of methoxy groups -OCH3 is 1. The van der Waals surface area contributed by atoms with Crippen LogP contribution in [-0.2, 0) is 9.53 Å². The molecule has 0 fully saturated rings. The first-order valence-electron chi connectivity index (χ1n) is 7.32. The van der Waals surface area contributed by atoms with Gasteiger partial charge in [0.1, 0.15) is 0 Å². The summed E-state index contributed by atoms with van der Waals surface area (Å²) in [6.45, 7) is 1.72. The Morgan fingerprint density at radius 2 is 1.71 bits per heavy atom. The molecule has 2 amide bonds. The first-order valence-corrected chi connectivity index (χ1v) is 7.32. The summed E-state index contributed by atoms with van der Waals surface area (Å²) in [5.41, 5.74) is 2.24. The average Bonchev–Trinajstić information content (AvgIpc) is 2.59. The molecule has 124 valence electrons. The van der Waals surface area contributed by atoms with Crippen LogP contribution in [0.15, 0.2) is 48.5 Å². The van der Waals surface area contributed by atoms with Gasteiger partial charge in [-0.3, -0.25) is 9.59 Å². The van der Waals surface area contributed by atoms with E-state index in [9.17, 15) is 14.4 Å². The number of amides is 2. The molecule has 0 aliphatic carbocycles. The van der Waals surface area contributed by atoms with E-state index in [1.807, 2.05) is 13.0 Å². The number of ether oxygens (including phenoxy) is 1. The molecule has 0 aromatic heterocycles. The van der Waals surface area contributed by atoms with E-state index in [4.69, 9.17) is 0 Å². The Hall–Kier alpha value is -3.15. The number of hydrogen-bond acceptors (Lipinski definition) is 4. The second-order valence-corrected chi connectivity index (χ2v) is 5.17. The lowest BCUT2D eigenvalue weighted by Crippen LogP contribution is -2.32. The minimum absolute atomic E-state index is 0.171. The molecule has 0 aliphatic heterocycles. The largest absolute Gasteiger partial charge is 0.465 e. The first-order chi connectivity index (χ1) is 11.5. The van der Waals surface area contributed by atoms with Gasteiger partial charge < -0.3 is 15.4 Å². The average molecular weight is 326 g/mol. The lowest BCUT2D eigenvalue weighted by atomic mass is 10.1. The molecule has 0 saturated carbocycles. The van der Waals surface area contributed by atoms with Crippen molar-refractivity contribution in [2.45, 2.75) is 6.92 Å². The summed E-state index contributed by atoms with van der Waals surface area (Å²) in [6, 6.07) is 13.5. The number of hydrogen-bond donors (Lipinski definition) is 2. The molecule has 2 N–H and O–H groups in total. The summed E-state index contributed by atoms with van der Waals surface area (Å²) in [4.78, 5) is 35.4. The molecule has 0 radical (unpaired) electrons. The zero-order chi connectivity index (χ0) is 17.5. The van der Waals surface area contributed by atoms with Crippen LogP contribution in [-0.4, -0.2) is 31.4 Å². The van der Waals surface area contributed by atoms with Crippen molar-refractivity contribution in [3.05, 3.63) is 65.2 Å². The number of anilines is 1. The van der Waals surface area contributed by atoms with Gasteiger partial charge in [-0.15, -0.1) is 0 Å². The third-order valence-electron chi connectivity index (χ3n) is 3.26. The normalized spacial score (nSPS) is 9.92. The maximum Gasteiger partial charge on any atom is 0.337 e. The minimum Gasteiger partial charge on any atom is -0.465 e. The predicted octanol–water partition coefficient (Wildman–Crippen LogP) is 2.15. The second kappa shape index (κ2) is 7.92. The van der Waals surface area contributed by atoms with E-state index in [1.54, 1.807) is 36.4 Å². The molecule has 2 aromatic carbocycles. The van der Waals surface area contributed by atoms with Crippen molar-refractivity contribution in [3.63, 3.8) is 0 Å². The van der Waals surface area contributed by atoms with Crippen LogP contribution >= 0.6 is 0 Å². The van der Waals surface area contributed by atoms with E-state index >= 15 is 0 Å². The molecule has 0 bridgehead atoms. The fourth-order valence-corrected chi connectivity index (χ4v) is 2.10. The molecule has 24 heavy (non-hydrogen) atoms. The zero-order valence-corrected chi connectivity index (χ0v) is 13.5. The predicted molar refractivity (Wildman–Crippen MR) is 89.9 cm³/mol. The van der Waals surface area contributed by atoms with Crippen LogP contribution < -0.4 is 10.6 Å². The van der Waals surface area contributed by atoms with Crippen molar-refractivity contribution < 1.29 is 19.1 Å². The summed E-state index contributed by atoms with van der Waals surface area (Å²) < 4.78 is 4.63. The van der Waals surface area contributed by atoms with Crippen LogP contribution in [0.1, 0.15) is 26.3 Å². The molecule has 0 saturated heterocycles. The lowest BCUT2D eigenvalue weighted by molar-refractivity contribution is -0.115. The molecule has 0 spiro atoms. The van der Waals surface area contributed by atoms with Gasteiger partial charge in [0.2, 0.25) is 5.91 Å². The Labute approximate surface area is 139 Å². The van der Waals surface area contributed by atoms with E-state index in [-0.39, 0.29) is 12.5 Å². The highest BCUT2D eigenvalue weighted by Gasteiger charge is 2.10. The maximum absolute atomic E-state index is 12.0. The maximum atomic E-state index is 12.0. The Morgan fingerprint density at radius 3 is 2.42 bits per heavy atom. The van der Waals surface area contributed by atoms with Crippen LogP contribution in [0, 0.1) is 6.92 Å². The van der Waals surface area contributed by atoms with E-state index < -0.39 is 11.9 Å². The van der Waals surface area contributed by atoms with E-state index in [2.05, 4.69) is 15.4 Å². The molecular weight excluding hydrogens is 308 g/mol. The van der Waals surface area contributed by atoms with E-state index in [0.29, 0.717) is 16.8 Å². The highest BCUT2D eigenvalue weighted by molar-refractivity contribution is 6.00. The number of rotatable bonds is 5. The Balaban J connectivity index is 1.92. The second-order valence-electron chi connectivity index (χ2n) is 5.17. The summed E-state index contributed by atoms with van der Waals surface area (Å²) in [6.07, 6.45) is 0. The summed E-state index contributed by atoms with van der Waals surface area (Å²) in [7, 11) is 1.29. The standard InChI is InChI=1S/C18H18N2O4/c1-12-5-3-6-13(9-12)17(22)19-11-16(21)20-15-8-4-7-14(10-15)18(23)24-2/h3-10H,11H2,1-2H3,(H,19,22)(H,20,21). The van der Waals surface area contributed by atoms with Crippen molar-refractivity contribution in [2.24, 2.45) is 0 Å². The molecule has 2 rings (SSSR count). The number of carbonyl (C=O) groups is 3. The molecule has 2 aromatic rings. The van der Waals surface area contributed by atoms with Gasteiger partial charge in [0.05, 0.1) is 19.2 Å². The summed E-state index contributed by atoms with van der Waals surface area (Å²) >= 11 is 0. The van der Waals surface area contributed by atoms with Crippen LogP contribution in [0.3, 0.4) is 0 Å². The van der Waals surface area contributed by atoms with Gasteiger partial charge in [0.25, 0.3) is 5.91 Å². The number of aryl methyl sites for hydroxylation is 1. The molecule has 0 heterocycles. The van der Waals surface area contributed by atoms with Crippen molar-refractivity contribution >= 4 is 23.5 Å². The Kier molecular flexibility index (Phi) is 5.68. The van der Waals surface area contributed by atoms with Gasteiger partial charge >= 0.3 is 5.97 Å². The summed E-state index contributed by atoms with van der Waals surface area (Å²) in [5, 5.41) is 5.17. The molecule has 6 heteroatoms. The summed E-state index contributed by atoms with van der Waals surface area (Å²) in [5.74, 6) is -1.20. The lowest BCUT2D eigenvalue weighted by Gasteiger charge is -2.08. The minimum atomic E-state index is -0.487. The van der Waals surface area contributed by atoms with Crippen molar-refractivity contribution in [1.82, 2.24) is 5.32 Å². The van der Waals surface area contributed by atoms with Gasteiger partial charge in [-0.1, -0.05) is 23.8 Å². The molecule has 0 unspecified atom stereocenters. The van der Waals surface area contributed by atoms with Gasteiger partial charge in [0.15, 0.2) is 0 Å². The highest BCUT2D eigenvalue weighted by atomic mass is 16.5.